The van der Waals surface area contributed by atoms with Gasteiger partial charge in [-0.05, 0) is 31.5 Å². The second-order valence-electron chi connectivity index (χ2n) is 5.92. The number of hydrogen-bond acceptors (Lipinski definition) is 2. The van der Waals surface area contributed by atoms with Gasteiger partial charge in [-0.1, -0.05) is 47.5 Å². The molecule has 0 unspecified atom stereocenters. The molecule has 1 atom stereocenters. The van der Waals surface area contributed by atoms with Crippen LogP contribution in [0.1, 0.15) is 29.2 Å². The molecule has 0 saturated heterocycles. The second kappa shape index (κ2) is 7.14. The van der Waals surface area contributed by atoms with E-state index in [-0.39, 0.29) is 6.10 Å². The first-order chi connectivity index (χ1) is 11.2. The molecule has 1 heterocycles. The van der Waals surface area contributed by atoms with Crippen LogP contribution in [0.3, 0.4) is 0 Å². The molecular weight excluding hydrogens is 284 g/mol. The van der Waals surface area contributed by atoms with Crippen LogP contribution >= 0.6 is 0 Å². The first kappa shape index (κ1) is 15.3. The molecule has 3 aromatic rings. The van der Waals surface area contributed by atoms with Gasteiger partial charge in [-0.15, -0.1) is 0 Å². The molecule has 2 aromatic carbocycles. The Morgan fingerprint density at radius 2 is 1.61 bits per heavy atom. The largest absolute Gasteiger partial charge is 0.486 e. The Morgan fingerprint density at radius 1 is 0.957 bits per heavy atom. The summed E-state index contributed by atoms with van der Waals surface area (Å²) in [5, 5.41) is 0. The summed E-state index contributed by atoms with van der Waals surface area (Å²) in [6.45, 7) is 5.07. The van der Waals surface area contributed by atoms with Gasteiger partial charge in [0.2, 0.25) is 0 Å². The highest BCUT2D eigenvalue weighted by atomic mass is 16.5. The minimum Gasteiger partial charge on any atom is -0.486 e. The lowest BCUT2D eigenvalue weighted by Crippen LogP contribution is -2.11. The third-order valence-electron chi connectivity index (χ3n) is 3.96. The standard InChI is InChI=1S/C20H22N2O/c1-16-3-7-18(8-4-16)20(11-13-22-14-12-21-15-22)23-19-9-5-17(2)6-10-19/h3-10,12,14-15,20H,11,13H2,1-2H3/t20-/m1/s1. The first-order valence-corrected chi connectivity index (χ1v) is 7.96. The summed E-state index contributed by atoms with van der Waals surface area (Å²) in [4.78, 5) is 4.10. The third-order valence-corrected chi connectivity index (χ3v) is 3.96. The van der Waals surface area contributed by atoms with Gasteiger partial charge in [-0.25, -0.2) is 4.98 Å². The third kappa shape index (κ3) is 4.22. The highest BCUT2D eigenvalue weighted by Gasteiger charge is 2.13. The highest BCUT2D eigenvalue weighted by Crippen LogP contribution is 2.26. The molecule has 0 amide bonds. The van der Waals surface area contributed by atoms with Crippen molar-refractivity contribution in [2.45, 2.75) is 32.9 Å². The van der Waals surface area contributed by atoms with E-state index >= 15 is 0 Å². The van der Waals surface area contributed by atoms with Crippen molar-refractivity contribution in [1.29, 1.82) is 0 Å². The zero-order chi connectivity index (χ0) is 16.1. The van der Waals surface area contributed by atoms with Crippen molar-refractivity contribution < 1.29 is 4.74 Å². The molecule has 0 radical (unpaired) electrons. The molecule has 0 spiro atoms. The monoisotopic (exact) mass is 306 g/mol. The maximum absolute atomic E-state index is 6.26. The fraction of sp³-hybridized carbons (Fsp3) is 0.250. The number of aryl methyl sites for hydroxylation is 3. The molecule has 1 aromatic heterocycles. The Kier molecular flexibility index (Phi) is 4.77. The Hall–Kier alpha value is -2.55. The molecule has 0 aliphatic carbocycles. The molecule has 0 fully saturated rings. The maximum Gasteiger partial charge on any atom is 0.125 e. The van der Waals surface area contributed by atoms with E-state index in [9.17, 15) is 0 Å². The van der Waals surface area contributed by atoms with Crippen LogP contribution in [-0.2, 0) is 6.54 Å². The molecule has 3 rings (SSSR count). The molecule has 0 saturated carbocycles. The average Bonchev–Trinajstić information content (AvgIpc) is 3.08. The Labute approximate surface area is 137 Å². The van der Waals surface area contributed by atoms with Crippen LogP contribution < -0.4 is 4.74 Å². The highest BCUT2D eigenvalue weighted by molar-refractivity contribution is 5.29. The van der Waals surface area contributed by atoms with E-state index in [1.807, 2.05) is 30.9 Å². The number of hydrogen-bond donors (Lipinski definition) is 0. The van der Waals surface area contributed by atoms with Crippen molar-refractivity contribution >= 4 is 0 Å². The minimum atomic E-state index is 0.0284. The zero-order valence-electron chi connectivity index (χ0n) is 13.6. The Morgan fingerprint density at radius 3 is 2.22 bits per heavy atom. The van der Waals surface area contributed by atoms with Crippen molar-refractivity contribution in [3.05, 3.63) is 83.9 Å². The molecular formula is C20H22N2O. The van der Waals surface area contributed by atoms with Gasteiger partial charge in [0.15, 0.2) is 0 Å². The normalized spacial score (nSPS) is 12.1. The number of benzene rings is 2. The summed E-state index contributed by atoms with van der Waals surface area (Å²) in [6.07, 6.45) is 6.56. The van der Waals surface area contributed by atoms with E-state index in [4.69, 9.17) is 4.74 Å². The van der Waals surface area contributed by atoms with Crippen LogP contribution in [0.15, 0.2) is 67.3 Å². The van der Waals surface area contributed by atoms with E-state index < -0.39 is 0 Å². The number of imidazole rings is 1. The van der Waals surface area contributed by atoms with Gasteiger partial charge in [0.25, 0.3) is 0 Å². The smallest absolute Gasteiger partial charge is 0.125 e. The van der Waals surface area contributed by atoms with Crippen molar-refractivity contribution in [3.63, 3.8) is 0 Å². The minimum absolute atomic E-state index is 0.0284. The van der Waals surface area contributed by atoms with Crippen LogP contribution in [0.2, 0.25) is 0 Å². The fourth-order valence-corrected chi connectivity index (χ4v) is 2.54. The molecule has 23 heavy (non-hydrogen) atoms. The Bertz CT molecular complexity index is 715. The molecule has 0 aliphatic heterocycles. The van der Waals surface area contributed by atoms with Crippen LogP contribution in [0.25, 0.3) is 0 Å². The average molecular weight is 306 g/mol. The number of nitrogens with zero attached hydrogens (tertiary/aromatic N) is 2. The van der Waals surface area contributed by atoms with E-state index in [1.54, 1.807) is 0 Å². The lowest BCUT2D eigenvalue weighted by atomic mass is 10.0. The van der Waals surface area contributed by atoms with Gasteiger partial charge >= 0.3 is 0 Å². The van der Waals surface area contributed by atoms with Gasteiger partial charge in [-0.3, -0.25) is 0 Å². The molecule has 0 aliphatic rings. The molecule has 118 valence electrons. The van der Waals surface area contributed by atoms with Crippen molar-refractivity contribution in [1.82, 2.24) is 9.55 Å². The summed E-state index contributed by atoms with van der Waals surface area (Å²) in [7, 11) is 0. The molecule has 0 bridgehead atoms. The maximum atomic E-state index is 6.26. The number of ether oxygens (including phenoxy) is 1. The van der Waals surface area contributed by atoms with Crippen molar-refractivity contribution in [3.8, 4) is 5.75 Å². The lowest BCUT2D eigenvalue weighted by molar-refractivity contribution is 0.188. The fourth-order valence-electron chi connectivity index (χ4n) is 2.54. The van der Waals surface area contributed by atoms with E-state index in [0.717, 1.165) is 18.7 Å². The quantitative estimate of drug-likeness (QED) is 0.659. The van der Waals surface area contributed by atoms with Crippen LogP contribution in [0.4, 0.5) is 0 Å². The van der Waals surface area contributed by atoms with Gasteiger partial charge in [0, 0.05) is 25.4 Å². The Balaban J connectivity index is 1.77. The summed E-state index contributed by atoms with van der Waals surface area (Å²) in [5.74, 6) is 0.909. The van der Waals surface area contributed by atoms with Crippen LogP contribution in [-0.4, -0.2) is 9.55 Å². The summed E-state index contributed by atoms with van der Waals surface area (Å²) < 4.78 is 8.34. The first-order valence-electron chi connectivity index (χ1n) is 7.96. The van der Waals surface area contributed by atoms with Crippen LogP contribution in [0, 0.1) is 13.8 Å². The van der Waals surface area contributed by atoms with E-state index in [1.165, 1.54) is 16.7 Å². The molecule has 3 heteroatoms. The van der Waals surface area contributed by atoms with Gasteiger partial charge < -0.3 is 9.30 Å². The summed E-state index contributed by atoms with van der Waals surface area (Å²) in [5.41, 5.74) is 3.70. The lowest BCUT2D eigenvalue weighted by Gasteiger charge is -2.20. The SMILES string of the molecule is Cc1ccc(O[C@H](CCn2ccnc2)c2ccc(C)cc2)cc1. The van der Waals surface area contributed by atoms with Gasteiger partial charge in [-0.2, -0.15) is 0 Å². The van der Waals surface area contributed by atoms with E-state index in [2.05, 4.69) is 59.8 Å². The zero-order valence-corrected chi connectivity index (χ0v) is 13.6. The summed E-state index contributed by atoms with van der Waals surface area (Å²) >= 11 is 0. The number of rotatable bonds is 6. The van der Waals surface area contributed by atoms with Crippen LogP contribution in [0.5, 0.6) is 5.75 Å². The second-order valence-corrected chi connectivity index (χ2v) is 5.92. The number of aromatic nitrogens is 2. The van der Waals surface area contributed by atoms with Crippen molar-refractivity contribution in [2.24, 2.45) is 0 Å². The van der Waals surface area contributed by atoms with Gasteiger partial charge in [0.1, 0.15) is 11.9 Å². The predicted octanol–water partition coefficient (Wildman–Crippen LogP) is 4.71. The molecule has 0 N–H and O–H groups in total. The van der Waals surface area contributed by atoms with Crippen molar-refractivity contribution in [2.75, 3.05) is 0 Å². The predicted molar refractivity (Wildman–Crippen MR) is 92.6 cm³/mol. The topological polar surface area (TPSA) is 27.1 Å². The molecule has 3 nitrogen and oxygen atoms in total. The van der Waals surface area contributed by atoms with Gasteiger partial charge in [0.05, 0.1) is 6.33 Å². The van der Waals surface area contributed by atoms with E-state index in [0.29, 0.717) is 0 Å². The summed E-state index contributed by atoms with van der Waals surface area (Å²) in [6, 6.07) is 16.8.